The number of thioether (sulfide) groups is 1. The van der Waals surface area contributed by atoms with E-state index >= 15 is 0 Å². The quantitative estimate of drug-likeness (QED) is 0.240. The van der Waals surface area contributed by atoms with Gasteiger partial charge in [-0.2, -0.15) is 13.2 Å². The lowest BCUT2D eigenvalue weighted by Crippen LogP contribution is -2.54. The first-order valence-electron chi connectivity index (χ1n) is 4.87. The summed E-state index contributed by atoms with van der Waals surface area (Å²) in [7, 11) is 0. The van der Waals surface area contributed by atoms with E-state index < -0.39 is 52.2 Å². The first-order valence-corrected chi connectivity index (χ1v) is 5.69. The van der Waals surface area contributed by atoms with E-state index in [4.69, 9.17) is 0 Å². The number of carbonyl (C=O) groups excluding carboxylic acids is 2. The smallest absolute Gasteiger partial charge is 0.459 e. The van der Waals surface area contributed by atoms with Crippen LogP contribution in [-0.4, -0.2) is 40.5 Å². The molecule has 0 radical (unpaired) electrons. The lowest BCUT2D eigenvalue weighted by atomic mass is 10.3. The topological polar surface area (TPSA) is 95.7 Å². The Morgan fingerprint density at radius 1 is 1.16 bits per heavy atom. The highest BCUT2D eigenvalue weighted by atomic mass is 32.2. The third kappa shape index (κ3) is 4.26. The SMILES string of the molecule is CCOC(=O)C(SC(F)(F)F)(C(=O)OCC)[N+](=O)[O-]. The second-order valence-electron chi connectivity index (χ2n) is 2.89. The molecule has 0 amide bonds. The summed E-state index contributed by atoms with van der Waals surface area (Å²) in [5, 5.41) is 10.8. The van der Waals surface area contributed by atoms with Crippen molar-refractivity contribution >= 4 is 23.7 Å². The largest absolute Gasteiger partial charge is 0.464 e. The molecule has 0 N–H and O–H groups in total. The van der Waals surface area contributed by atoms with E-state index in [2.05, 4.69) is 9.47 Å². The summed E-state index contributed by atoms with van der Waals surface area (Å²) in [5.74, 6) is -3.86. The number of nitrogens with zero attached hydrogens (tertiary/aromatic N) is 1. The summed E-state index contributed by atoms with van der Waals surface area (Å²) in [6.45, 7) is 1.61. The molecule has 0 aliphatic rings. The van der Waals surface area contributed by atoms with Gasteiger partial charge in [0.15, 0.2) is 0 Å². The van der Waals surface area contributed by atoms with Crippen LogP contribution in [0.2, 0.25) is 0 Å². The Kier molecular flexibility index (Phi) is 6.06. The van der Waals surface area contributed by atoms with Crippen LogP contribution < -0.4 is 0 Å². The van der Waals surface area contributed by atoms with E-state index in [1.165, 1.54) is 13.8 Å². The molecule has 0 saturated heterocycles. The number of halogens is 3. The lowest BCUT2D eigenvalue weighted by Gasteiger charge is -2.21. The number of esters is 2. The number of nitro groups is 1. The minimum Gasteiger partial charge on any atom is -0.459 e. The number of rotatable bonds is 6. The van der Waals surface area contributed by atoms with Gasteiger partial charge >= 0.3 is 22.3 Å². The fourth-order valence-corrected chi connectivity index (χ4v) is 1.67. The monoisotopic (exact) mass is 305 g/mol. The maximum absolute atomic E-state index is 12.4. The van der Waals surface area contributed by atoms with Crippen LogP contribution in [0.1, 0.15) is 13.8 Å². The van der Waals surface area contributed by atoms with Crippen LogP contribution in [0, 0.1) is 10.1 Å². The van der Waals surface area contributed by atoms with Gasteiger partial charge in [-0.1, -0.05) is 0 Å². The Morgan fingerprint density at radius 3 is 1.74 bits per heavy atom. The molecule has 0 unspecified atom stereocenters. The van der Waals surface area contributed by atoms with Gasteiger partial charge in [-0.15, -0.1) is 0 Å². The zero-order valence-electron chi connectivity index (χ0n) is 9.85. The number of alkyl halides is 3. The molecule has 11 heteroatoms. The predicted molar refractivity (Wildman–Crippen MR) is 56.6 cm³/mol. The second kappa shape index (κ2) is 6.59. The van der Waals surface area contributed by atoms with Crippen LogP contribution >= 0.6 is 11.8 Å². The maximum Gasteiger partial charge on any atom is 0.464 e. The average molecular weight is 305 g/mol. The van der Waals surface area contributed by atoms with Gasteiger partial charge in [-0.05, 0) is 13.8 Å². The average Bonchev–Trinajstić information content (AvgIpc) is 2.24. The first-order chi connectivity index (χ1) is 8.61. The Hall–Kier alpha value is -1.52. The highest BCUT2D eigenvalue weighted by Gasteiger charge is 2.68. The molecule has 0 aromatic carbocycles. The van der Waals surface area contributed by atoms with E-state index in [1.807, 2.05) is 0 Å². The molecule has 110 valence electrons. The Bertz CT molecular complexity index is 354. The number of hydrogen-bond donors (Lipinski definition) is 0. The number of ether oxygens (including phenoxy) is 2. The van der Waals surface area contributed by atoms with Crippen LogP contribution in [-0.2, 0) is 19.1 Å². The maximum atomic E-state index is 12.4. The molecule has 0 aliphatic carbocycles. The van der Waals surface area contributed by atoms with Crippen LogP contribution in [0.3, 0.4) is 0 Å². The molecule has 0 aliphatic heterocycles. The molecular formula is C8H10F3NO6S. The zero-order chi connectivity index (χ0) is 15.3. The number of carbonyl (C=O) groups is 2. The molecule has 0 bridgehead atoms. The molecule has 0 atom stereocenters. The Labute approximate surface area is 109 Å². The van der Waals surface area contributed by atoms with E-state index in [-0.39, 0.29) is 0 Å². The van der Waals surface area contributed by atoms with E-state index in [0.29, 0.717) is 0 Å². The van der Waals surface area contributed by atoms with Gasteiger partial charge in [-0.25, -0.2) is 9.59 Å². The predicted octanol–water partition coefficient (Wildman–Crippen LogP) is 1.34. The van der Waals surface area contributed by atoms with Crippen molar-refractivity contribution in [3.05, 3.63) is 10.1 Å². The molecular weight excluding hydrogens is 295 g/mol. The van der Waals surface area contributed by atoms with Crippen LogP contribution in [0.15, 0.2) is 0 Å². The molecule has 0 spiro atoms. The van der Waals surface area contributed by atoms with Crippen molar-refractivity contribution in [1.29, 1.82) is 0 Å². The molecule has 0 saturated carbocycles. The molecule has 0 heterocycles. The first kappa shape index (κ1) is 17.5. The van der Waals surface area contributed by atoms with Crippen LogP contribution in [0.5, 0.6) is 0 Å². The standard InChI is InChI=1S/C8H10F3NO6S/c1-3-17-5(13)7(12(15)16,6(14)18-4-2)19-8(9,10)11/h3-4H2,1-2H3. The van der Waals surface area contributed by atoms with Crippen molar-refractivity contribution in [3.63, 3.8) is 0 Å². The van der Waals surface area contributed by atoms with Crippen molar-refractivity contribution in [2.24, 2.45) is 0 Å². The van der Waals surface area contributed by atoms with Gasteiger partial charge < -0.3 is 9.47 Å². The molecule has 7 nitrogen and oxygen atoms in total. The highest BCUT2D eigenvalue weighted by molar-refractivity contribution is 8.02. The van der Waals surface area contributed by atoms with E-state index in [9.17, 15) is 32.9 Å². The summed E-state index contributed by atoms with van der Waals surface area (Å²) in [5.41, 5.74) is -5.20. The van der Waals surface area contributed by atoms with Gasteiger partial charge in [0.2, 0.25) is 0 Å². The summed E-state index contributed by atoms with van der Waals surface area (Å²) >= 11 is -1.39. The third-order valence-corrected chi connectivity index (χ3v) is 2.63. The van der Waals surface area contributed by atoms with Crippen molar-refractivity contribution in [3.8, 4) is 0 Å². The minimum absolute atomic E-state index is 0.424. The molecule has 0 aromatic rings. The summed E-state index contributed by atoms with van der Waals surface area (Å²) in [6.07, 6.45) is 0. The van der Waals surface area contributed by atoms with Crippen molar-refractivity contribution < 1.29 is 37.2 Å². The van der Waals surface area contributed by atoms with E-state index in [1.54, 1.807) is 0 Å². The fourth-order valence-electron chi connectivity index (χ4n) is 0.978. The fraction of sp³-hybridized carbons (Fsp3) is 0.750. The van der Waals surface area contributed by atoms with E-state index in [0.717, 1.165) is 0 Å². The van der Waals surface area contributed by atoms with Crippen LogP contribution in [0.25, 0.3) is 0 Å². The number of hydrogen-bond acceptors (Lipinski definition) is 7. The van der Waals surface area contributed by atoms with Gasteiger partial charge in [-0.3, -0.25) is 10.1 Å². The summed E-state index contributed by atoms with van der Waals surface area (Å²) < 4.78 is 45.4. The van der Waals surface area contributed by atoms with Gasteiger partial charge in [0.05, 0.1) is 29.9 Å². The zero-order valence-corrected chi connectivity index (χ0v) is 10.7. The highest BCUT2D eigenvalue weighted by Crippen LogP contribution is 2.42. The molecule has 0 fully saturated rings. The van der Waals surface area contributed by atoms with Crippen molar-refractivity contribution in [2.45, 2.75) is 24.2 Å². The second-order valence-corrected chi connectivity index (χ2v) is 4.15. The summed E-state index contributed by atoms with van der Waals surface area (Å²) in [6, 6.07) is 0. The van der Waals surface area contributed by atoms with Crippen molar-refractivity contribution in [2.75, 3.05) is 13.2 Å². The molecule has 0 aromatic heterocycles. The third-order valence-electron chi connectivity index (χ3n) is 1.62. The van der Waals surface area contributed by atoms with Gasteiger partial charge in [0.25, 0.3) is 0 Å². The van der Waals surface area contributed by atoms with Crippen LogP contribution in [0.4, 0.5) is 13.2 Å². The van der Waals surface area contributed by atoms with Gasteiger partial charge in [0, 0.05) is 0 Å². The Morgan fingerprint density at radius 2 is 1.53 bits per heavy atom. The molecule has 19 heavy (non-hydrogen) atoms. The van der Waals surface area contributed by atoms with Crippen molar-refractivity contribution in [1.82, 2.24) is 0 Å². The Balaban J connectivity index is 5.67. The lowest BCUT2D eigenvalue weighted by molar-refractivity contribution is -0.514. The van der Waals surface area contributed by atoms with Gasteiger partial charge in [0.1, 0.15) is 0 Å². The summed E-state index contributed by atoms with van der Waals surface area (Å²) in [4.78, 5) is 28.3. The molecule has 0 rings (SSSR count). The minimum atomic E-state index is -5.20. The normalized spacial score (nSPS) is 11.8.